The Bertz CT molecular complexity index is 751. The number of nitrogens with zero attached hydrogens (tertiary/aromatic N) is 2. The number of likely N-dealkylation sites (tertiary alicyclic amines) is 1. The Morgan fingerprint density at radius 3 is 2.63 bits per heavy atom. The number of thiazole rings is 1. The van der Waals surface area contributed by atoms with Crippen molar-refractivity contribution >= 4 is 17.2 Å². The minimum Gasteiger partial charge on any atom is -0.497 e. The maximum atomic E-state index is 13.8. The van der Waals surface area contributed by atoms with Gasteiger partial charge in [0.1, 0.15) is 5.75 Å². The number of piperidine rings is 1. The first-order valence-corrected chi connectivity index (χ1v) is 10.9. The third-order valence-electron chi connectivity index (χ3n) is 6.27. The molecule has 1 aromatic heterocycles. The van der Waals surface area contributed by atoms with Crippen LogP contribution in [0.1, 0.15) is 61.4 Å². The van der Waals surface area contributed by atoms with Gasteiger partial charge in [0, 0.05) is 30.6 Å². The van der Waals surface area contributed by atoms with Crippen molar-refractivity contribution < 1.29 is 9.53 Å². The van der Waals surface area contributed by atoms with Gasteiger partial charge in [-0.2, -0.15) is 0 Å². The molecule has 2 aliphatic rings. The molecular weight excluding hydrogens is 356 g/mol. The maximum Gasteiger partial charge on any atom is 0.233 e. The molecule has 1 amide bonds. The zero-order valence-electron chi connectivity index (χ0n) is 16.0. The smallest absolute Gasteiger partial charge is 0.233 e. The van der Waals surface area contributed by atoms with Crippen molar-refractivity contribution in [3.8, 4) is 5.75 Å². The number of benzene rings is 1. The first-order valence-electron chi connectivity index (χ1n) is 10.1. The Balaban J connectivity index is 1.60. The highest BCUT2D eigenvalue weighted by Crippen LogP contribution is 2.42. The monoisotopic (exact) mass is 384 g/mol. The molecule has 27 heavy (non-hydrogen) atoms. The molecule has 0 radical (unpaired) electrons. The van der Waals surface area contributed by atoms with E-state index in [4.69, 9.17) is 4.74 Å². The predicted molar refractivity (Wildman–Crippen MR) is 108 cm³/mol. The summed E-state index contributed by atoms with van der Waals surface area (Å²) in [6.07, 6.45) is 9.46. The van der Waals surface area contributed by atoms with Crippen LogP contribution < -0.4 is 4.74 Å². The zero-order chi connectivity index (χ0) is 18.7. The molecule has 2 fully saturated rings. The van der Waals surface area contributed by atoms with E-state index in [1.54, 1.807) is 18.4 Å². The lowest BCUT2D eigenvalue weighted by molar-refractivity contribution is -0.140. The quantitative estimate of drug-likeness (QED) is 0.763. The largest absolute Gasteiger partial charge is 0.497 e. The summed E-state index contributed by atoms with van der Waals surface area (Å²) in [6, 6.07) is 8.19. The molecule has 1 atom stereocenters. The third kappa shape index (κ3) is 3.62. The number of methoxy groups -OCH3 is 1. The first kappa shape index (κ1) is 18.5. The van der Waals surface area contributed by atoms with Gasteiger partial charge in [-0.25, -0.2) is 4.98 Å². The number of rotatable bonds is 4. The van der Waals surface area contributed by atoms with E-state index in [0.717, 1.165) is 62.9 Å². The van der Waals surface area contributed by atoms with Gasteiger partial charge in [0.25, 0.3) is 0 Å². The van der Waals surface area contributed by atoms with Crippen molar-refractivity contribution in [2.75, 3.05) is 20.2 Å². The molecule has 1 unspecified atom stereocenters. The molecule has 4 rings (SSSR count). The van der Waals surface area contributed by atoms with Crippen molar-refractivity contribution in [2.24, 2.45) is 0 Å². The van der Waals surface area contributed by atoms with E-state index < -0.39 is 0 Å². The SMILES string of the molecule is COc1ccc(C2(C(=O)N3CCCC(c4nccs4)C3)CCCCC2)cc1. The molecule has 144 valence electrons. The van der Waals surface area contributed by atoms with Gasteiger partial charge < -0.3 is 9.64 Å². The number of carbonyl (C=O) groups excluding carboxylic acids is 1. The average Bonchev–Trinajstić information content (AvgIpc) is 3.29. The van der Waals surface area contributed by atoms with E-state index in [9.17, 15) is 4.79 Å². The summed E-state index contributed by atoms with van der Waals surface area (Å²) in [6.45, 7) is 1.68. The van der Waals surface area contributed by atoms with Crippen molar-refractivity contribution in [3.63, 3.8) is 0 Å². The van der Waals surface area contributed by atoms with Crippen molar-refractivity contribution in [3.05, 3.63) is 46.4 Å². The summed E-state index contributed by atoms with van der Waals surface area (Å²) in [4.78, 5) is 20.5. The van der Waals surface area contributed by atoms with Gasteiger partial charge in [0.15, 0.2) is 0 Å². The number of hydrogen-bond donors (Lipinski definition) is 0. The minimum atomic E-state index is -0.366. The number of hydrogen-bond acceptors (Lipinski definition) is 4. The minimum absolute atomic E-state index is 0.327. The standard InChI is InChI=1S/C22H28N2O2S/c1-26-19-9-7-18(8-10-19)22(11-3-2-4-12-22)21(25)24-14-5-6-17(16-24)20-23-13-15-27-20/h7-10,13,15,17H,2-6,11-12,14,16H2,1H3. The number of amides is 1. The molecule has 1 saturated heterocycles. The molecule has 1 saturated carbocycles. The molecule has 0 bridgehead atoms. The number of aromatic nitrogens is 1. The van der Waals surface area contributed by atoms with Crippen LogP contribution in [-0.4, -0.2) is 36.0 Å². The Kier molecular flexibility index (Phi) is 5.48. The summed E-state index contributed by atoms with van der Waals surface area (Å²) in [5.74, 6) is 1.56. The van der Waals surface area contributed by atoms with E-state index >= 15 is 0 Å². The van der Waals surface area contributed by atoms with Gasteiger partial charge in [-0.3, -0.25) is 4.79 Å². The van der Waals surface area contributed by atoms with E-state index in [1.807, 2.05) is 23.7 Å². The Morgan fingerprint density at radius 2 is 1.96 bits per heavy atom. The van der Waals surface area contributed by atoms with Gasteiger partial charge in [-0.1, -0.05) is 31.4 Å². The van der Waals surface area contributed by atoms with E-state index in [-0.39, 0.29) is 5.41 Å². The maximum absolute atomic E-state index is 13.8. The van der Waals surface area contributed by atoms with Crippen molar-refractivity contribution in [1.82, 2.24) is 9.88 Å². The molecule has 1 aliphatic carbocycles. The van der Waals surface area contributed by atoms with Crippen molar-refractivity contribution in [1.29, 1.82) is 0 Å². The van der Waals surface area contributed by atoms with Crippen molar-refractivity contribution in [2.45, 2.75) is 56.3 Å². The molecule has 1 aromatic carbocycles. The lowest BCUT2D eigenvalue weighted by Crippen LogP contribution is -2.50. The van der Waals surface area contributed by atoms with Crippen LogP contribution in [0.25, 0.3) is 0 Å². The molecule has 4 nitrogen and oxygen atoms in total. The zero-order valence-corrected chi connectivity index (χ0v) is 16.8. The predicted octanol–water partition coefficient (Wildman–Crippen LogP) is 4.76. The highest BCUT2D eigenvalue weighted by atomic mass is 32.1. The van der Waals surface area contributed by atoms with E-state index in [0.29, 0.717) is 11.8 Å². The van der Waals surface area contributed by atoms with Crippen LogP contribution in [0, 0.1) is 0 Å². The van der Waals surface area contributed by atoms with Crippen LogP contribution in [0.3, 0.4) is 0 Å². The number of ether oxygens (including phenoxy) is 1. The molecular formula is C22H28N2O2S. The molecule has 5 heteroatoms. The van der Waals surface area contributed by atoms with E-state index in [1.165, 1.54) is 11.4 Å². The van der Waals surface area contributed by atoms with Gasteiger partial charge >= 0.3 is 0 Å². The van der Waals surface area contributed by atoms with Crippen LogP contribution >= 0.6 is 11.3 Å². The van der Waals surface area contributed by atoms with Crippen LogP contribution in [-0.2, 0) is 10.2 Å². The summed E-state index contributed by atoms with van der Waals surface area (Å²) >= 11 is 1.72. The molecule has 2 heterocycles. The molecule has 0 N–H and O–H groups in total. The fourth-order valence-electron chi connectivity index (χ4n) is 4.79. The average molecular weight is 385 g/mol. The molecule has 1 aliphatic heterocycles. The van der Waals surface area contributed by atoms with Gasteiger partial charge in [-0.05, 0) is 43.4 Å². The summed E-state index contributed by atoms with van der Waals surface area (Å²) in [5.41, 5.74) is 0.791. The van der Waals surface area contributed by atoms with Gasteiger partial charge in [0.05, 0.1) is 17.5 Å². The lowest BCUT2D eigenvalue weighted by Gasteiger charge is -2.42. The Morgan fingerprint density at radius 1 is 1.19 bits per heavy atom. The van der Waals surface area contributed by atoms with Crippen LogP contribution in [0.2, 0.25) is 0 Å². The van der Waals surface area contributed by atoms with Crippen LogP contribution in [0.15, 0.2) is 35.8 Å². The highest BCUT2D eigenvalue weighted by molar-refractivity contribution is 7.09. The summed E-state index contributed by atoms with van der Waals surface area (Å²) in [5, 5.41) is 3.21. The second-order valence-corrected chi connectivity index (χ2v) is 8.76. The van der Waals surface area contributed by atoms with Gasteiger partial charge in [0.2, 0.25) is 5.91 Å². The van der Waals surface area contributed by atoms with E-state index in [2.05, 4.69) is 22.0 Å². The number of carbonyl (C=O) groups is 1. The lowest BCUT2D eigenvalue weighted by atomic mass is 9.68. The fourth-order valence-corrected chi connectivity index (χ4v) is 5.56. The second-order valence-electron chi connectivity index (χ2n) is 7.83. The Hall–Kier alpha value is -1.88. The summed E-state index contributed by atoms with van der Waals surface area (Å²) in [7, 11) is 1.68. The second kappa shape index (κ2) is 8.01. The van der Waals surface area contributed by atoms with Crippen LogP contribution in [0.5, 0.6) is 5.75 Å². The highest BCUT2D eigenvalue weighted by Gasteiger charge is 2.44. The normalized spacial score (nSPS) is 22.4. The molecule has 2 aromatic rings. The van der Waals surface area contributed by atoms with Crippen LogP contribution in [0.4, 0.5) is 0 Å². The van der Waals surface area contributed by atoms with Gasteiger partial charge in [-0.15, -0.1) is 11.3 Å². The molecule has 0 spiro atoms. The summed E-state index contributed by atoms with van der Waals surface area (Å²) < 4.78 is 5.32. The first-order chi connectivity index (χ1) is 13.2. The fraction of sp³-hybridized carbons (Fsp3) is 0.545. The topological polar surface area (TPSA) is 42.4 Å². The third-order valence-corrected chi connectivity index (χ3v) is 7.21. The Labute approximate surface area is 165 Å².